The summed E-state index contributed by atoms with van der Waals surface area (Å²) in [6.45, 7) is 3.65. The largest absolute Gasteiger partial charge is 0.338 e. The molecule has 0 saturated carbocycles. The molecular weight excluding hydrogens is 222 g/mol. The Morgan fingerprint density at radius 2 is 2.56 bits per heavy atom. The number of carbonyl (C=O) groups excluding carboxylic acids is 1. The van der Waals surface area contributed by atoms with E-state index < -0.39 is 0 Å². The Balaban J connectivity index is 2.02. The van der Waals surface area contributed by atoms with Gasteiger partial charge in [0.15, 0.2) is 0 Å². The maximum atomic E-state index is 12.1. The van der Waals surface area contributed by atoms with E-state index in [1.54, 1.807) is 11.7 Å². The van der Waals surface area contributed by atoms with E-state index in [4.69, 9.17) is 5.73 Å². The fourth-order valence-electron chi connectivity index (χ4n) is 2.10. The molecule has 2 rings (SSSR count). The van der Waals surface area contributed by atoms with Gasteiger partial charge in [0.2, 0.25) is 0 Å². The molecule has 2 heterocycles. The monoisotopic (exact) mass is 239 g/mol. The lowest BCUT2D eigenvalue weighted by molar-refractivity contribution is 0.0665. The van der Waals surface area contributed by atoms with E-state index in [2.05, 4.69) is 4.98 Å². The van der Waals surface area contributed by atoms with Crippen LogP contribution < -0.4 is 5.73 Å². The van der Waals surface area contributed by atoms with E-state index in [1.807, 2.05) is 11.8 Å². The number of carbonyl (C=O) groups is 1. The molecule has 0 spiro atoms. The maximum absolute atomic E-state index is 12.1. The number of thiazole rings is 1. The Labute approximate surface area is 99.5 Å². The maximum Gasteiger partial charge on any atom is 0.265 e. The van der Waals surface area contributed by atoms with Crippen LogP contribution in [-0.2, 0) is 0 Å². The number of aromatic nitrogens is 1. The molecular formula is C11H17N3OS. The zero-order chi connectivity index (χ0) is 11.5. The van der Waals surface area contributed by atoms with Gasteiger partial charge in [-0.3, -0.25) is 9.78 Å². The summed E-state index contributed by atoms with van der Waals surface area (Å²) in [5.74, 6) is 0.540. The first kappa shape index (κ1) is 11.5. The van der Waals surface area contributed by atoms with Gasteiger partial charge in [-0.05, 0) is 25.7 Å². The minimum absolute atomic E-state index is 0.104. The Kier molecular flexibility index (Phi) is 3.56. The molecule has 1 saturated heterocycles. The molecule has 1 aliphatic rings. The highest BCUT2D eigenvalue weighted by Crippen LogP contribution is 2.21. The van der Waals surface area contributed by atoms with Crippen LogP contribution in [0.2, 0.25) is 0 Å². The lowest BCUT2D eigenvalue weighted by Gasteiger charge is -2.34. The highest BCUT2D eigenvalue weighted by Gasteiger charge is 2.26. The molecule has 1 aromatic heterocycles. The first-order valence-corrected chi connectivity index (χ1v) is 6.50. The molecule has 1 aliphatic heterocycles. The zero-order valence-corrected chi connectivity index (χ0v) is 10.2. The lowest BCUT2D eigenvalue weighted by atomic mass is 9.92. The quantitative estimate of drug-likeness (QED) is 0.847. The van der Waals surface area contributed by atoms with Crippen LogP contribution in [0.15, 0.2) is 11.7 Å². The van der Waals surface area contributed by atoms with Crippen LogP contribution in [-0.4, -0.2) is 34.9 Å². The Morgan fingerprint density at radius 1 is 1.75 bits per heavy atom. The summed E-state index contributed by atoms with van der Waals surface area (Å²) in [5.41, 5.74) is 7.60. The van der Waals surface area contributed by atoms with Gasteiger partial charge in [-0.1, -0.05) is 0 Å². The van der Waals surface area contributed by atoms with E-state index >= 15 is 0 Å². The molecule has 0 bridgehead atoms. The van der Waals surface area contributed by atoms with E-state index in [0.29, 0.717) is 5.92 Å². The van der Waals surface area contributed by atoms with Crippen molar-refractivity contribution in [3.8, 4) is 0 Å². The summed E-state index contributed by atoms with van der Waals surface area (Å²) in [6.07, 6.45) is 3.82. The Bertz CT molecular complexity index is 350. The van der Waals surface area contributed by atoms with Crippen LogP contribution in [0.5, 0.6) is 0 Å². The molecule has 2 atom stereocenters. The Hall–Kier alpha value is -0.940. The van der Waals surface area contributed by atoms with E-state index in [1.165, 1.54) is 11.3 Å². The fourth-order valence-corrected chi connectivity index (χ4v) is 2.69. The van der Waals surface area contributed by atoms with Crippen molar-refractivity contribution in [2.75, 3.05) is 13.1 Å². The van der Waals surface area contributed by atoms with Gasteiger partial charge in [0.25, 0.3) is 5.91 Å². The fraction of sp³-hybridized carbons (Fsp3) is 0.636. The summed E-state index contributed by atoms with van der Waals surface area (Å²) in [7, 11) is 0. The summed E-state index contributed by atoms with van der Waals surface area (Å²) >= 11 is 1.40. The van der Waals surface area contributed by atoms with Gasteiger partial charge in [-0.2, -0.15) is 0 Å². The Morgan fingerprint density at radius 3 is 3.19 bits per heavy atom. The van der Waals surface area contributed by atoms with E-state index in [9.17, 15) is 4.79 Å². The molecule has 16 heavy (non-hydrogen) atoms. The molecule has 0 radical (unpaired) electrons. The van der Waals surface area contributed by atoms with Crippen molar-refractivity contribution in [3.05, 3.63) is 16.6 Å². The van der Waals surface area contributed by atoms with Crippen molar-refractivity contribution in [3.63, 3.8) is 0 Å². The molecule has 5 heteroatoms. The van der Waals surface area contributed by atoms with Crippen LogP contribution in [0.25, 0.3) is 0 Å². The predicted molar refractivity (Wildman–Crippen MR) is 64.4 cm³/mol. The van der Waals surface area contributed by atoms with Gasteiger partial charge in [0.1, 0.15) is 4.88 Å². The number of nitrogens with two attached hydrogens (primary N) is 1. The van der Waals surface area contributed by atoms with Crippen molar-refractivity contribution in [2.45, 2.75) is 25.8 Å². The van der Waals surface area contributed by atoms with Gasteiger partial charge in [-0.25, -0.2) is 0 Å². The summed E-state index contributed by atoms with van der Waals surface area (Å²) in [6, 6.07) is 0.164. The SMILES string of the molecule is CC(N)C1CCCN(C(=O)c2cncs2)C1. The zero-order valence-electron chi connectivity index (χ0n) is 9.43. The summed E-state index contributed by atoms with van der Waals surface area (Å²) < 4.78 is 0. The van der Waals surface area contributed by atoms with Crippen LogP contribution in [0.3, 0.4) is 0 Å². The van der Waals surface area contributed by atoms with Gasteiger partial charge in [-0.15, -0.1) is 11.3 Å². The van der Waals surface area contributed by atoms with Crippen molar-refractivity contribution < 1.29 is 4.79 Å². The van der Waals surface area contributed by atoms with Gasteiger partial charge >= 0.3 is 0 Å². The average Bonchev–Trinajstić information content (AvgIpc) is 2.81. The van der Waals surface area contributed by atoms with Crippen LogP contribution in [0, 0.1) is 5.92 Å². The van der Waals surface area contributed by atoms with Gasteiger partial charge < -0.3 is 10.6 Å². The van der Waals surface area contributed by atoms with Crippen molar-refractivity contribution in [1.29, 1.82) is 0 Å². The molecule has 4 nitrogen and oxygen atoms in total. The molecule has 88 valence electrons. The third kappa shape index (κ3) is 2.41. The van der Waals surface area contributed by atoms with Crippen LogP contribution >= 0.6 is 11.3 Å². The minimum atomic E-state index is 0.104. The highest BCUT2D eigenvalue weighted by molar-refractivity contribution is 7.11. The number of rotatable bonds is 2. The number of piperidine rings is 1. The van der Waals surface area contributed by atoms with Crippen molar-refractivity contribution in [2.24, 2.45) is 11.7 Å². The molecule has 1 fully saturated rings. The summed E-state index contributed by atoms with van der Waals surface area (Å²) in [4.78, 5) is 18.7. The van der Waals surface area contributed by atoms with E-state index in [0.717, 1.165) is 30.8 Å². The second-order valence-corrected chi connectivity index (χ2v) is 5.26. The topological polar surface area (TPSA) is 59.2 Å². The minimum Gasteiger partial charge on any atom is -0.338 e. The normalized spacial score (nSPS) is 23.1. The molecule has 0 aliphatic carbocycles. The highest BCUT2D eigenvalue weighted by atomic mass is 32.1. The summed E-state index contributed by atoms with van der Waals surface area (Å²) in [5, 5.41) is 0. The third-order valence-corrected chi connectivity index (χ3v) is 3.89. The van der Waals surface area contributed by atoms with Crippen LogP contribution in [0.1, 0.15) is 29.4 Å². The number of amides is 1. The molecule has 1 aromatic rings. The molecule has 2 N–H and O–H groups in total. The lowest BCUT2D eigenvalue weighted by Crippen LogP contribution is -2.44. The van der Waals surface area contributed by atoms with E-state index in [-0.39, 0.29) is 11.9 Å². The van der Waals surface area contributed by atoms with Crippen LogP contribution in [0.4, 0.5) is 0 Å². The first-order valence-electron chi connectivity index (χ1n) is 5.62. The van der Waals surface area contributed by atoms with Crippen molar-refractivity contribution in [1.82, 2.24) is 9.88 Å². The average molecular weight is 239 g/mol. The molecule has 2 unspecified atom stereocenters. The number of nitrogens with zero attached hydrogens (tertiary/aromatic N) is 2. The first-order chi connectivity index (χ1) is 7.68. The molecule has 1 amide bonds. The number of likely N-dealkylation sites (tertiary alicyclic amines) is 1. The number of hydrogen-bond donors (Lipinski definition) is 1. The third-order valence-electron chi connectivity index (χ3n) is 3.13. The number of hydrogen-bond acceptors (Lipinski definition) is 4. The van der Waals surface area contributed by atoms with Gasteiger partial charge in [0, 0.05) is 19.1 Å². The smallest absolute Gasteiger partial charge is 0.265 e. The second-order valence-electron chi connectivity index (χ2n) is 4.38. The molecule has 0 aromatic carbocycles. The standard InChI is InChI=1S/C11H17N3OS/c1-8(12)9-3-2-4-14(6-9)11(15)10-5-13-7-16-10/h5,7-9H,2-4,6,12H2,1H3. The van der Waals surface area contributed by atoms with Gasteiger partial charge in [0.05, 0.1) is 11.7 Å². The van der Waals surface area contributed by atoms with Crippen molar-refractivity contribution >= 4 is 17.2 Å². The second kappa shape index (κ2) is 4.93. The predicted octanol–water partition coefficient (Wildman–Crippen LogP) is 1.34.